The van der Waals surface area contributed by atoms with E-state index in [1.807, 2.05) is 30.3 Å². The predicted molar refractivity (Wildman–Crippen MR) is 130 cm³/mol. The predicted octanol–water partition coefficient (Wildman–Crippen LogP) is 5.97. The van der Waals surface area contributed by atoms with Crippen molar-refractivity contribution in [1.29, 1.82) is 0 Å². The summed E-state index contributed by atoms with van der Waals surface area (Å²) >= 11 is 1.63. The monoisotopic (exact) mass is 449 g/mol. The molecule has 2 aromatic carbocycles. The minimum Gasteiger partial charge on any atom is -0.423 e. The molecule has 6 nitrogen and oxygen atoms in total. The molecule has 0 atom stereocenters. The highest BCUT2D eigenvalue weighted by Gasteiger charge is 2.13. The van der Waals surface area contributed by atoms with E-state index in [4.69, 9.17) is 9.40 Å². The number of carbonyl (C=O) groups is 1. The lowest BCUT2D eigenvalue weighted by atomic mass is 10.1. The molecule has 1 amide bonds. The second kappa shape index (κ2) is 10.0. The number of fused-ring (bicyclic) bond motifs is 2. The van der Waals surface area contributed by atoms with Gasteiger partial charge in [-0.05, 0) is 36.2 Å². The van der Waals surface area contributed by atoms with Crippen molar-refractivity contribution in [2.45, 2.75) is 57.0 Å². The van der Waals surface area contributed by atoms with Gasteiger partial charge < -0.3 is 14.3 Å². The van der Waals surface area contributed by atoms with Crippen LogP contribution in [-0.2, 0) is 17.1 Å². The molecule has 1 N–H and O–H groups in total. The van der Waals surface area contributed by atoms with Crippen LogP contribution in [0.4, 0.5) is 5.69 Å². The fourth-order valence-corrected chi connectivity index (χ4v) is 4.88. The number of para-hydroxylation sites is 2. The molecule has 2 heterocycles. The number of benzene rings is 2. The van der Waals surface area contributed by atoms with Gasteiger partial charge in [-0.3, -0.25) is 4.79 Å². The van der Waals surface area contributed by atoms with Crippen LogP contribution in [0.5, 0.6) is 0 Å². The lowest BCUT2D eigenvalue weighted by Crippen LogP contribution is -2.06. The molecule has 0 aliphatic carbocycles. The second-order valence-corrected chi connectivity index (χ2v) is 8.81. The van der Waals surface area contributed by atoms with E-state index in [1.54, 1.807) is 23.9 Å². The Kier molecular flexibility index (Phi) is 6.95. The highest BCUT2D eigenvalue weighted by molar-refractivity contribution is 7.98. The van der Waals surface area contributed by atoms with Gasteiger partial charge in [-0.1, -0.05) is 50.1 Å². The van der Waals surface area contributed by atoms with Crippen LogP contribution in [0.3, 0.4) is 0 Å². The van der Waals surface area contributed by atoms with Crippen LogP contribution in [0, 0.1) is 0 Å². The Labute approximate surface area is 191 Å². The molecular weight excluding hydrogens is 422 g/mol. The maximum atomic E-state index is 12.2. The number of nitrogens with one attached hydrogen (secondary N) is 1. The second-order valence-electron chi connectivity index (χ2n) is 7.87. The van der Waals surface area contributed by atoms with E-state index in [2.05, 4.69) is 22.9 Å². The molecule has 166 valence electrons. The van der Waals surface area contributed by atoms with Crippen molar-refractivity contribution in [3.05, 3.63) is 64.5 Å². The summed E-state index contributed by atoms with van der Waals surface area (Å²) in [5.41, 5.74) is 3.69. The number of amides is 1. The number of anilines is 1. The van der Waals surface area contributed by atoms with Crippen LogP contribution in [0.25, 0.3) is 22.0 Å². The summed E-state index contributed by atoms with van der Waals surface area (Å²) in [6.07, 6.45) is 4.76. The first kappa shape index (κ1) is 22.1. The van der Waals surface area contributed by atoms with E-state index >= 15 is 0 Å². The first-order valence-electron chi connectivity index (χ1n) is 11.0. The normalized spacial score (nSPS) is 11.3. The number of nitrogens with zero attached hydrogens (tertiary/aromatic N) is 2. The molecule has 2 aromatic heterocycles. The maximum absolute atomic E-state index is 12.2. The molecule has 0 spiro atoms. The third kappa shape index (κ3) is 5.05. The number of imidazole rings is 1. The standard InChI is InChI=1S/C25H27N3O3S/c1-3-4-5-8-13-28-22-10-7-6-9-21(22)27-25(28)32-16-18-14-24(30)31-23-15-19(26-17(2)29)11-12-20(18)23/h6-7,9-12,14-15H,3-5,8,13,16H2,1-2H3,(H,26,29). The quantitative estimate of drug-likeness (QED) is 0.193. The number of rotatable bonds is 9. The van der Waals surface area contributed by atoms with E-state index in [-0.39, 0.29) is 5.91 Å². The van der Waals surface area contributed by atoms with Crippen molar-refractivity contribution in [2.24, 2.45) is 0 Å². The molecule has 0 saturated carbocycles. The Morgan fingerprint density at radius 2 is 1.97 bits per heavy atom. The number of aryl methyl sites for hydroxylation is 1. The van der Waals surface area contributed by atoms with Crippen LogP contribution in [0.15, 0.2) is 62.9 Å². The number of thioether (sulfide) groups is 1. The molecule has 0 radical (unpaired) electrons. The summed E-state index contributed by atoms with van der Waals surface area (Å²) in [5, 5.41) is 4.54. The van der Waals surface area contributed by atoms with Gasteiger partial charge in [0.1, 0.15) is 5.58 Å². The van der Waals surface area contributed by atoms with Gasteiger partial charge in [-0.15, -0.1) is 0 Å². The molecule has 0 unspecified atom stereocenters. The molecule has 32 heavy (non-hydrogen) atoms. The summed E-state index contributed by atoms with van der Waals surface area (Å²) in [7, 11) is 0. The van der Waals surface area contributed by atoms with E-state index in [0.29, 0.717) is 17.0 Å². The van der Waals surface area contributed by atoms with Gasteiger partial charge >= 0.3 is 5.63 Å². The zero-order valence-electron chi connectivity index (χ0n) is 18.4. The van der Waals surface area contributed by atoms with Gasteiger partial charge in [-0.25, -0.2) is 9.78 Å². The highest BCUT2D eigenvalue weighted by atomic mass is 32.2. The van der Waals surface area contributed by atoms with Crippen LogP contribution in [-0.4, -0.2) is 15.5 Å². The molecule has 0 bridgehead atoms. The molecule has 4 rings (SSSR count). The van der Waals surface area contributed by atoms with E-state index in [1.165, 1.54) is 26.2 Å². The van der Waals surface area contributed by atoms with Crippen LogP contribution in [0.2, 0.25) is 0 Å². The molecule has 0 aliphatic rings. The average molecular weight is 450 g/mol. The van der Waals surface area contributed by atoms with Crippen LogP contribution >= 0.6 is 11.8 Å². The zero-order chi connectivity index (χ0) is 22.5. The van der Waals surface area contributed by atoms with Gasteiger partial charge in [0.05, 0.1) is 11.0 Å². The number of carbonyl (C=O) groups excluding carboxylic acids is 1. The van der Waals surface area contributed by atoms with Crippen molar-refractivity contribution >= 4 is 45.4 Å². The largest absolute Gasteiger partial charge is 0.423 e. The Balaban J connectivity index is 1.61. The minimum atomic E-state index is -0.402. The topological polar surface area (TPSA) is 77.1 Å². The van der Waals surface area contributed by atoms with Gasteiger partial charge in [0.15, 0.2) is 5.16 Å². The Morgan fingerprint density at radius 3 is 2.78 bits per heavy atom. The van der Waals surface area contributed by atoms with Crippen LogP contribution < -0.4 is 10.9 Å². The number of hydrogen-bond acceptors (Lipinski definition) is 5. The average Bonchev–Trinajstić information content (AvgIpc) is 3.11. The SMILES string of the molecule is CCCCCCn1c(SCc2cc(=O)oc3cc(NC(C)=O)ccc23)nc2ccccc21. The Hall–Kier alpha value is -3.06. The lowest BCUT2D eigenvalue weighted by Gasteiger charge is -2.10. The van der Waals surface area contributed by atoms with E-state index in [9.17, 15) is 9.59 Å². The zero-order valence-corrected chi connectivity index (χ0v) is 19.2. The van der Waals surface area contributed by atoms with Crippen molar-refractivity contribution < 1.29 is 9.21 Å². The fraction of sp³-hybridized carbons (Fsp3) is 0.320. The van der Waals surface area contributed by atoms with E-state index < -0.39 is 5.63 Å². The third-order valence-corrected chi connectivity index (χ3v) is 6.39. The van der Waals surface area contributed by atoms with Crippen LogP contribution in [0.1, 0.15) is 45.1 Å². The lowest BCUT2D eigenvalue weighted by molar-refractivity contribution is -0.114. The van der Waals surface area contributed by atoms with Gasteiger partial charge in [0.2, 0.25) is 5.91 Å². The number of hydrogen-bond donors (Lipinski definition) is 1. The summed E-state index contributed by atoms with van der Waals surface area (Å²) in [5.74, 6) is 0.427. The van der Waals surface area contributed by atoms with Gasteiger partial charge in [0.25, 0.3) is 0 Å². The number of unbranched alkanes of at least 4 members (excludes halogenated alkanes) is 3. The molecule has 0 aliphatic heterocycles. The highest BCUT2D eigenvalue weighted by Crippen LogP contribution is 2.30. The Bertz CT molecular complexity index is 1310. The third-order valence-electron chi connectivity index (χ3n) is 5.36. The van der Waals surface area contributed by atoms with Gasteiger partial charge in [-0.2, -0.15) is 0 Å². The summed E-state index contributed by atoms with van der Waals surface area (Å²) in [6.45, 7) is 4.59. The smallest absolute Gasteiger partial charge is 0.336 e. The first-order valence-corrected chi connectivity index (χ1v) is 12.0. The van der Waals surface area contributed by atoms with Crippen molar-refractivity contribution in [3.8, 4) is 0 Å². The minimum absolute atomic E-state index is 0.170. The molecular formula is C25H27N3O3S. The van der Waals surface area contributed by atoms with Crippen molar-refractivity contribution in [2.75, 3.05) is 5.32 Å². The molecule has 0 saturated heterocycles. The Morgan fingerprint density at radius 1 is 1.12 bits per heavy atom. The summed E-state index contributed by atoms with van der Waals surface area (Å²) in [4.78, 5) is 28.4. The molecule has 0 fully saturated rings. The van der Waals surface area contributed by atoms with Crippen molar-refractivity contribution in [1.82, 2.24) is 9.55 Å². The van der Waals surface area contributed by atoms with Gasteiger partial charge in [0, 0.05) is 42.4 Å². The van der Waals surface area contributed by atoms with E-state index in [0.717, 1.165) is 40.1 Å². The summed E-state index contributed by atoms with van der Waals surface area (Å²) < 4.78 is 7.68. The number of aromatic nitrogens is 2. The molecule has 7 heteroatoms. The fourth-order valence-electron chi connectivity index (χ4n) is 3.85. The van der Waals surface area contributed by atoms with Crippen molar-refractivity contribution in [3.63, 3.8) is 0 Å². The summed E-state index contributed by atoms with van der Waals surface area (Å²) in [6, 6.07) is 15.1. The maximum Gasteiger partial charge on any atom is 0.336 e. The first-order chi connectivity index (χ1) is 15.5. The molecule has 4 aromatic rings.